The van der Waals surface area contributed by atoms with E-state index in [1.165, 1.54) is 10.8 Å². The first-order valence-corrected chi connectivity index (χ1v) is 10.0. The van der Waals surface area contributed by atoms with E-state index in [1.54, 1.807) is 42.5 Å². The molecule has 0 unspecified atom stereocenters. The lowest BCUT2D eigenvalue weighted by molar-refractivity contribution is 0.174. The van der Waals surface area contributed by atoms with Crippen molar-refractivity contribution >= 4 is 34.3 Å². The molecule has 1 aromatic heterocycles. The second kappa shape index (κ2) is 7.81. The van der Waals surface area contributed by atoms with Gasteiger partial charge < -0.3 is 14.6 Å². The summed E-state index contributed by atoms with van der Waals surface area (Å²) >= 11 is 6.21. The molecule has 0 aliphatic carbocycles. The fourth-order valence-corrected chi connectivity index (χ4v) is 3.78. The average molecular weight is 433 g/mol. The molecule has 0 saturated heterocycles. The Morgan fingerprint density at radius 2 is 1.74 bits per heavy atom. The molecule has 7 heteroatoms. The highest BCUT2D eigenvalue weighted by Crippen LogP contribution is 2.33. The third-order valence-corrected chi connectivity index (χ3v) is 5.47. The number of para-hydroxylation sites is 1. The van der Waals surface area contributed by atoms with Crippen molar-refractivity contribution in [3.8, 4) is 17.4 Å². The van der Waals surface area contributed by atoms with Gasteiger partial charge in [-0.1, -0.05) is 48.0 Å². The van der Waals surface area contributed by atoms with Crippen LogP contribution >= 0.6 is 11.6 Å². The van der Waals surface area contributed by atoms with Crippen molar-refractivity contribution in [3.05, 3.63) is 93.2 Å². The van der Waals surface area contributed by atoms with E-state index < -0.39 is 0 Å². The number of pyridine rings is 1. The third-order valence-electron chi connectivity index (χ3n) is 5.15. The zero-order valence-corrected chi connectivity index (χ0v) is 17.0. The van der Waals surface area contributed by atoms with E-state index >= 15 is 0 Å². The lowest BCUT2D eigenvalue weighted by Crippen LogP contribution is -2.22. The largest absolute Gasteiger partial charge is 0.494 e. The molecule has 4 aromatic rings. The summed E-state index contributed by atoms with van der Waals surface area (Å²) in [6.07, 6.45) is 1.54. The molecule has 0 radical (unpaired) electrons. The number of aromatic nitrogens is 1. The minimum Gasteiger partial charge on any atom is -0.494 e. The number of aliphatic imine (C=N–C) groups is 1. The summed E-state index contributed by atoms with van der Waals surface area (Å²) in [5.74, 6) is 1.11. The topological polar surface area (TPSA) is 73.0 Å². The molecule has 0 saturated carbocycles. The molecule has 1 aliphatic rings. The average Bonchev–Trinajstić information content (AvgIpc) is 3.26. The molecule has 154 valence electrons. The number of rotatable bonds is 4. The van der Waals surface area contributed by atoms with Crippen LogP contribution in [-0.4, -0.2) is 22.7 Å². The Hall–Kier alpha value is -3.77. The SMILES string of the molecule is O=c1c2ccccc2c(C=Nc2ccccc2Cl)c(O)n1Cc1ccc2c(c1)OCO2. The molecule has 0 spiro atoms. The molecule has 6 nitrogen and oxygen atoms in total. The first kappa shape index (κ1) is 19.2. The van der Waals surface area contributed by atoms with E-state index in [0.717, 1.165) is 5.56 Å². The van der Waals surface area contributed by atoms with Gasteiger partial charge in [0.2, 0.25) is 12.7 Å². The number of ether oxygens (including phenoxy) is 2. The lowest BCUT2D eigenvalue weighted by atomic mass is 10.1. The molecule has 0 amide bonds. The van der Waals surface area contributed by atoms with Crippen LogP contribution in [0.4, 0.5) is 5.69 Å². The molecule has 0 fully saturated rings. The van der Waals surface area contributed by atoms with Crippen molar-refractivity contribution in [3.63, 3.8) is 0 Å². The first-order chi connectivity index (χ1) is 15.1. The van der Waals surface area contributed by atoms with Gasteiger partial charge in [0.1, 0.15) is 0 Å². The van der Waals surface area contributed by atoms with Crippen LogP contribution in [0, 0.1) is 0 Å². The van der Waals surface area contributed by atoms with Crippen LogP contribution < -0.4 is 15.0 Å². The van der Waals surface area contributed by atoms with Crippen molar-refractivity contribution in [2.24, 2.45) is 4.99 Å². The maximum Gasteiger partial charge on any atom is 0.261 e. The maximum atomic E-state index is 13.1. The van der Waals surface area contributed by atoms with Crippen LogP contribution in [0.25, 0.3) is 10.8 Å². The van der Waals surface area contributed by atoms with Crippen LogP contribution in [0.2, 0.25) is 5.02 Å². The highest BCUT2D eigenvalue weighted by Gasteiger charge is 2.17. The second-order valence-electron chi connectivity index (χ2n) is 7.07. The van der Waals surface area contributed by atoms with E-state index in [4.69, 9.17) is 21.1 Å². The fraction of sp³-hybridized carbons (Fsp3) is 0.0833. The lowest BCUT2D eigenvalue weighted by Gasteiger charge is -2.14. The minimum atomic E-state index is -0.291. The number of benzene rings is 3. The van der Waals surface area contributed by atoms with Crippen LogP contribution in [0.5, 0.6) is 17.4 Å². The quantitative estimate of drug-likeness (QED) is 0.466. The third kappa shape index (κ3) is 3.51. The monoisotopic (exact) mass is 432 g/mol. The van der Waals surface area contributed by atoms with Gasteiger partial charge in [0.25, 0.3) is 5.56 Å². The smallest absolute Gasteiger partial charge is 0.261 e. The molecule has 2 heterocycles. The molecule has 1 N–H and O–H groups in total. The van der Waals surface area contributed by atoms with Crippen molar-refractivity contribution in [1.29, 1.82) is 0 Å². The van der Waals surface area contributed by atoms with Crippen LogP contribution in [-0.2, 0) is 6.54 Å². The molecular formula is C24H17ClN2O4. The van der Waals surface area contributed by atoms with Crippen molar-refractivity contribution in [2.75, 3.05) is 6.79 Å². The zero-order valence-electron chi connectivity index (χ0n) is 16.3. The van der Waals surface area contributed by atoms with Crippen molar-refractivity contribution < 1.29 is 14.6 Å². The van der Waals surface area contributed by atoms with Gasteiger partial charge in [-0.25, -0.2) is 0 Å². The second-order valence-corrected chi connectivity index (χ2v) is 7.48. The van der Waals surface area contributed by atoms with Crippen LogP contribution in [0.1, 0.15) is 11.1 Å². The van der Waals surface area contributed by atoms with Gasteiger partial charge in [-0.2, -0.15) is 0 Å². The normalized spacial score (nSPS) is 12.7. The maximum absolute atomic E-state index is 13.1. The minimum absolute atomic E-state index is 0.166. The molecule has 3 aromatic carbocycles. The number of aromatic hydroxyl groups is 1. The molecule has 0 bridgehead atoms. The van der Waals surface area contributed by atoms with Gasteiger partial charge in [-0.15, -0.1) is 0 Å². The van der Waals surface area contributed by atoms with Crippen LogP contribution in [0.15, 0.2) is 76.5 Å². The Bertz CT molecular complexity index is 1390. The van der Waals surface area contributed by atoms with E-state index in [9.17, 15) is 9.90 Å². The standard InChI is InChI=1S/C24H17ClN2O4/c25-19-7-3-4-8-20(19)26-12-18-16-5-1-2-6-17(16)23(28)27(24(18)29)13-15-9-10-21-22(11-15)31-14-30-21/h1-12,29H,13-14H2. The summed E-state index contributed by atoms with van der Waals surface area (Å²) < 4.78 is 12.1. The molecule has 1 aliphatic heterocycles. The molecule has 0 atom stereocenters. The number of nitrogens with zero attached hydrogens (tertiary/aromatic N) is 2. The Morgan fingerprint density at radius 3 is 2.58 bits per heavy atom. The Balaban J connectivity index is 1.64. The summed E-state index contributed by atoms with van der Waals surface area (Å²) in [5, 5.41) is 12.7. The van der Waals surface area contributed by atoms with Gasteiger partial charge in [0.15, 0.2) is 11.5 Å². The van der Waals surface area contributed by atoms with Crippen LogP contribution in [0.3, 0.4) is 0 Å². The summed E-state index contributed by atoms with van der Waals surface area (Å²) in [6, 6.07) is 19.7. The van der Waals surface area contributed by atoms with Crippen molar-refractivity contribution in [1.82, 2.24) is 4.57 Å². The molecular weight excluding hydrogens is 416 g/mol. The summed E-state index contributed by atoms with van der Waals surface area (Å²) in [7, 11) is 0. The first-order valence-electron chi connectivity index (χ1n) is 9.63. The Labute approximate surface area is 182 Å². The van der Waals surface area contributed by atoms with E-state index in [2.05, 4.69) is 4.99 Å². The molecule has 31 heavy (non-hydrogen) atoms. The van der Waals surface area contributed by atoms with Gasteiger partial charge in [-0.05, 0) is 35.9 Å². The summed E-state index contributed by atoms with van der Waals surface area (Å²) in [6.45, 7) is 0.335. The van der Waals surface area contributed by atoms with Gasteiger partial charge in [-0.3, -0.25) is 14.4 Å². The Kier molecular flexibility index (Phi) is 4.84. The van der Waals surface area contributed by atoms with E-state index in [0.29, 0.717) is 38.5 Å². The zero-order chi connectivity index (χ0) is 21.4. The predicted molar refractivity (Wildman–Crippen MR) is 120 cm³/mol. The highest BCUT2D eigenvalue weighted by molar-refractivity contribution is 6.33. The van der Waals surface area contributed by atoms with Gasteiger partial charge >= 0.3 is 0 Å². The predicted octanol–water partition coefficient (Wildman–Crippen LogP) is 4.89. The highest BCUT2D eigenvalue weighted by atomic mass is 35.5. The van der Waals surface area contributed by atoms with Crippen molar-refractivity contribution in [2.45, 2.75) is 6.54 Å². The molecule has 5 rings (SSSR count). The number of hydrogen-bond acceptors (Lipinski definition) is 5. The number of fused-ring (bicyclic) bond motifs is 2. The summed E-state index contributed by atoms with van der Waals surface area (Å²) in [4.78, 5) is 17.6. The van der Waals surface area contributed by atoms with Gasteiger partial charge in [0, 0.05) is 17.0 Å². The van der Waals surface area contributed by atoms with E-state index in [1.807, 2.05) is 24.3 Å². The Morgan fingerprint density at radius 1 is 1.00 bits per heavy atom. The van der Waals surface area contributed by atoms with E-state index in [-0.39, 0.29) is 24.8 Å². The number of hydrogen-bond donors (Lipinski definition) is 1. The number of halogens is 1. The fourth-order valence-electron chi connectivity index (χ4n) is 3.60. The van der Waals surface area contributed by atoms with Gasteiger partial charge in [0.05, 0.1) is 22.8 Å². The summed E-state index contributed by atoms with van der Waals surface area (Å²) in [5.41, 5.74) is 1.52.